The number of carbonyl (C=O) groups excluding carboxylic acids is 7. The number of carbonyl (C=O) groups is 7. The van der Waals surface area contributed by atoms with Crippen LogP contribution in [0.1, 0.15) is 180 Å². The number of hydrogen-bond donors (Lipinski definition) is 4. The smallest absolute Gasteiger partial charge is 0.330 e. The van der Waals surface area contributed by atoms with Gasteiger partial charge in [0.05, 0.1) is 50.2 Å². The van der Waals surface area contributed by atoms with Gasteiger partial charge in [0.25, 0.3) is 0 Å². The zero-order chi connectivity index (χ0) is 65.1. The molecule has 0 spiro atoms. The third-order valence-electron chi connectivity index (χ3n) is 18.0. The summed E-state index contributed by atoms with van der Waals surface area (Å²) in [6.45, 7) is 27.5. The van der Waals surface area contributed by atoms with Gasteiger partial charge in [0, 0.05) is 43.6 Å². The molecule has 5 fully saturated rings. The van der Waals surface area contributed by atoms with E-state index in [0.29, 0.717) is 83.5 Å². The van der Waals surface area contributed by atoms with Crippen LogP contribution in [0.2, 0.25) is 0 Å². The SMILES string of the molecule is C=CC(=O)OC1CC(COC(=O)C2CCC(O)C(OC(=O)C=C)C2)CCC1O.C=CC(=O)OC1CCC(COC(=O)CCCCC(=O)OCC2CCC(OC(=O)C=C)C(O)C2)CC1O.CC1CC=CCC1C.CC1CCCCC1C.Cc1ccccc1C. The van der Waals surface area contributed by atoms with Gasteiger partial charge < -0.3 is 53.6 Å². The molecular formula is C70H106O18. The lowest BCUT2D eigenvalue weighted by molar-refractivity contribution is -0.165. The molecule has 5 saturated carbocycles. The number of unbranched alkanes of at least 4 members (excludes halogenated alkanes) is 1. The van der Waals surface area contributed by atoms with Crippen LogP contribution in [0, 0.1) is 61.2 Å². The van der Waals surface area contributed by atoms with Crippen molar-refractivity contribution in [2.45, 2.75) is 232 Å². The number of hydrogen-bond acceptors (Lipinski definition) is 18. The summed E-state index contributed by atoms with van der Waals surface area (Å²) in [6, 6.07) is 8.36. The monoisotopic (exact) mass is 1230 g/mol. The van der Waals surface area contributed by atoms with E-state index in [-0.39, 0.29) is 68.8 Å². The zero-order valence-corrected chi connectivity index (χ0v) is 53.5. The van der Waals surface area contributed by atoms with Crippen LogP contribution in [0.4, 0.5) is 0 Å². The number of aliphatic hydroxyl groups excluding tert-OH is 4. The first-order valence-corrected chi connectivity index (χ1v) is 32.2. The van der Waals surface area contributed by atoms with Crippen LogP contribution >= 0.6 is 0 Å². The van der Waals surface area contributed by atoms with Crippen molar-refractivity contribution < 1.29 is 87.1 Å². The van der Waals surface area contributed by atoms with Gasteiger partial charge in [-0.1, -0.05) is 116 Å². The van der Waals surface area contributed by atoms with Gasteiger partial charge in [0.15, 0.2) is 0 Å². The minimum atomic E-state index is -0.812. The van der Waals surface area contributed by atoms with E-state index in [1.165, 1.54) is 49.7 Å². The lowest BCUT2D eigenvalue weighted by Crippen LogP contribution is -2.41. The second kappa shape index (κ2) is 42.1. The Hall–Kier alpha value is -5.95. The molecule has 0 aromatic heterocycles. The Morgan fingerprint density at radius 2 is 0.807 bits per heavy atom. The van der Waals surface area contributed by atoms with E-state index in [2.05, 4.69) is 104 Å². The molecule has 0 amide bonds. The largest absolute Gasteiger partial charge is 0.465 e. The average molecular weight is 1240 g/mol. The number of aryl methyl sites for hydroxylation is 2. The van der Waals surface area contributed by atoms with Gasteiger partial charge in [0.1, 0.15) is 24.4 Å². The van der Waals surface area contributed by atoms with Crippen LogP contribution in [0.3, 0.4) is 0 Å². The lowest BCUT2D eigenvalue weighted by atomic mass is 9.82. The van der Waals surface area contributed by atoms with Gasteiger partial charge in [-0.15, -0.1) is 0 Å². The van der Waals surface area contributed by atoms with Crippen molar-refractivity contribution in [1.82, 2.24) is 0 Å². The molecule has 1 aromatic rings. The molecule has 16 atom stereocenters. The molecule has 0 bridgehead atoms. The Morgan fingerprint density at radius 3 is 1.18 bits per heavy atom. The first-order valence-electron chi connectivity index (χ1n) is 32.2. The molecule has 6 aliphatic carbocycles. The molecule has 16 unspecified atom stereocenters. The molecule has 6 aliphatic rings. The number of allylic oxidation sites excluding steroid dienone is 2. The molecule has 18 heteroatoms. The molecule has 7 rings (SSSR count). The van der Waals surface area contributed by atoms with Crippen LogP contribution in [0.15, 0.2) is 87.0 Å². The first kappa shape index (κ1) is 76.3. The molecular weight excluding hydrogens is 1130 g/mol. The highest BCUT2D eigenvalue weighted by Crippen LogP contribution is 2.33. The number of ether oxygens (including phenoxy) is 7. The summed E-state index contributed by atoms with van der Waals surface area (Å²) in [6.07, 6.45) is 18.5. The zero-order valence-electron chi connectivity index (χ0n) is 53.5. The molecule has 18 nitrogen and oxygen atoms in total. The number of benzene rings is 1. The normalized spacial score (nSPS) is 29.7. The highest BCUT2D eigenvalue weighted by atomic mass is 16.6. The number of aliphatic hydroxyl groups is 4. The van der Waals surface area contributed by atoms with E-state index >= 15 is 0 Å². The van der Waals surface area contributed by atoms with Gasteiger partial charge >= 0.3 is 41.8 Å². The predicted octanol–water partition coefficient (Wildman–Crippen LogP) is 10.9. The van der Waals surface area contributed by atoms with E-state index < -0.39 is 84.6 Å². The lowest BCUT2D eigenvalue weighted by Gasteiger charge is -2.33. The van der Waals surface area contributed by atoms with Crippen LogP contribution in [-0.4, -0.2) is 131 Å². The quantitative estimate of drug-likeness (QED) is 0.0311. The summed E-state index contributed by atoms with van der Waals surface area (Å²) in [5, 5.41) is 40.2. The van der Waals surface area contributed by atoms with Crippen molar-refractivity contribution in [2.24, 2.45) is 47.3 Å². The second-order valence-corrected chi connectivity index (χ2v) is 25.0. The molecule has 88 heavy (non-hydrogen) atoms. The summed E-state index contributed by atoms with van der Waals surface area (Å²) in [5.41, 5.74) is 2.74. The Kier molecular flexibility index (Phi) is 36.5. The van der Waals surface area contributed by atoms with Gasteiger partial charge in [-0.2, -0.15) is 0 Å². The van der Waals surface area contributed by atoms with Crippen LogP contribution in [-0.2, 0) is 66.7 Å². The molecule has 0 aliphatic heterocycles. The predicted molar refractivity (Wildman–Crippen MR) is 334 cm³/mol. The van der Waals surface area contributed by atoms with Crippen molar-refractivity contribution in [3.05, 3.63) is 98.2 Å². The molecule has 1 aromatic carbocycles. The maximum atomic E-state index is 12.4. The van der Waals surface area contributed by atoms with Crippen molar-refractivity contribution in [2.75, 3.05) is 19.8 Å². The van der Waals surface area contributed by atoms with Crippen molar-refractivity contribution in [3.8, 4) is 0 Å². The minimum Gasteiger partial charge on any atom is -0.465 e. The van der Waals surface area contributed by atoms with Crippen molar-refractivity contribution >= 4 is 41.8 Å². The minimum absolute atomic E-state index is 0.000216. The summed E-state index contributed by atoms with van der Waals surface area (Å²) in [5.74, 6) is -0.146. The van der Waals surface area contributed by atoms with Gasteiger partial charge in [-0.05, 0) is 163 Å². The van der Waals surface area contributed by atoms with Gasteiger partial charge in [-0.3, -0.25) is 14.4 Å². The van der Waals surface area contributed by atoms with Crippen LogP contribution in [0.5, 0.6) is 0 Å². The van der Waals surface area contributed by atoms with Crippen molar-refractivity contribution in [3.63, 3.8) is 0 Å². The Labute approximate surface area is 523 Å². The van der Waals surface area contributed by atoms with E-state index in [9.17, 15) is 54.0 Å². The molecule has 4 N–H and O–H groups in total. The third-order valence-corrected chi connectivity index (χ3v) is 18.0. The first-order chi connectivity index (χ1) is 42.0. The van der Waals surface area contributed by atoms with Crippen LogP contribution in [0.25, 0.3) is 0 Å². The fraction of sp³-hybridized carbons (Fsp3) is 0.671. The molecule has 494 valence electrons. The van der Waals surface area contributed by atoms with E-state index in [1.54, 1.807) is 0 Å². The second-order valence-electron chi connectivity index (χ2n) is 25.0. The topological polar surface area (TPSA) is 265 Å². The van der Waals surface area contributed by atoms with Gasteiger partial charge in [-0.25, -0.2) is 19.2 Å². The summed E-state index contributed by atoms with van der Waals surface area (Å²) >= 11 is 0. The van der Waals surface area contributed by atoms with Gasteiger partial charge in [0.2, 0.25) is 0 Å². The summed E-state index contributed by atoms with van der Waals surface area (Å²) in [4.78, 5) is 81.7. The maximum absolute atomic E-state index is 12.4. The van der Waals surface area contributed by atoms with E-state index in [0.717, 1.165) is 48.0 Å². The fourth-order valence-electron chi connectivity index (χ4n) is 11.4. The standard InChI is InChI=1S/C26H38O10.C20H28O8.C8H16.C8H14.C8H10/c1-3-23(29)35-21-11-9-17(13-19(21)27)15-33-25(31)7-5-6-8-26(32)34-16-18-10-12-22(20(28)14-18)36-24(30)4-2;1-3-18(23)27-16-9-12(5-7-14(16)21)11-26-20(25)13-6-8-15(22)17(10-13)28-19(24)4-2;3*1-7-5-3-4-6-8(7)2/h3-4,17-22,27-28H,1-2,5-16H2;3-4,12-17,21-22H,1-2,5-11H2;7-8H,3-6H2,1-2H3;3-4,7-8H,5-6H2,1-2H3;3-6H,1-2H3. The average Bonchev–Trinajstić information content (AvgIpc) is 3.68. The summed E-state index contributed by atoms with van der Waals surface area (Å²) in [7, 11) is 0. The molecule has 0 radical (unpaired) electrons. The van der Waals surface area contributed by atoms with E-state index in [4.69, 9.17) is 33.2 Å². The van der Waals surface area contributed by atoms with Crippen molar-refractivity contribution in [1.29, 1.82) is 0 Å². The number of esters is 7. The van der Waals surface area contributed by atoms with Crippen LogP contribution < -0.4 is 0 Å². The Morgan fingerprint density at radius 1 is 0.443 bits per heavy atom. The molecule has 0 heterocycles. The number of rotatable bonds is 20. The Balaban J connectivity index is 0.000000336. The summed E-state index contributed by atoms with van der Waals surface area (Å²) < 4.78 is 36.5. The maximum Gasteiger partial charge on any atom is 0.330 e. The third kappa shape index (κ3) is 30.0. The Bertz CT molecular complexity index is 2260. The molecule has 0 saturated heterocycles. The highest BCUT2D eigenvalue weighted by Gasteiger charge is 2.38. The highest BCUT2D eigenvalue weighted by molar-refractivity contribution is 5.82. The van der Waals surface area contributed by atoms with E-state index in [1.807, 2.05) is 0 Å². The fourth-order valence-corrected chi connectivity index (χ4v) is 11.4.